The molecule has 0 radical (unpaired) electrons. The largest absolute Gasteiger partial charge is 0.495 e. The molecule has 3 aromatic rings. The van der Waals surface area contributed by atoms with E-state index in [0.29, 0.717) is 28.2 Å². The first kappa shape index (κ1) is 20.7. The molecule has 0 spiro atoms. The van der Waals surface area contributed by atoms with Crippen molar-refractivity contribution < 1.29 is 23.8 Å². The second-order valence-corrected chi connectivity index (χ2v) is 7.92. The van der Waals surface area contributed by atoms with Crippen LogP contribution in [0.4, 0.5) is 10.1 Å². The predicted molar refractivity (Wildman–Crippen MR) is 110 cm³/mol. The van der Waals surface area contributed by atoms with Gasteiger partial charge >= 0.3 is 0 Å². The molecule has 1 aliphatic rings. The lowest BCUT2D eigenvalue weighted by Crippen LogP contribution is -2.42. The molecule has 0 fully saturated rings. The summed E-state index contributed by atoms with van der Waals surface area (Å²) >= 11 is 0. The summed E-state index contributed by atoms with van der Waals surface area (Å²) in [4.78, 5) is 31.0. The van der Waals surface area contributed by atoms with Gasteiger partial charge in [-0.15, -0.1) is 0 Å². The van der Waals surface area contributed by atoms with Gasteiger partial charge in [0, 0.05) is 24.5 Å². The van der Waals surface area contributed by atoms with Crippen LogP contribution in [0.15, 0.2) is 36.8 Å². The molecule has 10 heteroatoms. The van der Waals surface area contributed by atoms with Gasteiger partial charge in [0.05, 0.1) is 31.1 Å². The molecule has 1 aliphatic heterocycles. The van der Waals surface area contributed by atoms with E-state index in [2.05, 4.69) is 15.4 Å². The van der Waals surface area contributed by atoms with Gasteiger partial charge in [-0.1, -0.05) is 0 Å². The molecule has 0 saturated carbocycles. The Hall–Kier alpha value is -3.53. The molecule has 4 rings (SSSR count). The Morgan fingerprint density at radius 2 is 2.19 bits per heavy atom. The molecule has 2 N–H and O–H groups in total. The lowest BCUT2D eigenvalue weighted by Gasteiger charge is -2.26. The number of benzene rings is 1. The molecule has 0 bridgehead atoms. The maximum Gasteiger partial charge on any atom is 0.261 e. The molecular weight excluding hydrogens is 405 g/mol. The minimum Gasteiger partial charge on any atom is -0.495 e. The topological polar surface area (TPSA) is 109 Å². The normalized spacial score (nSPS) is 14.6. The molecule has 3 heterocycles. The maximum absolute atomic E-state index is 14.3. The number of halogens is 1. The van der Waals surface area contributed by atoms with E-state index in [-0.39, 0.29) is 24.6 Å². The van der Waals surface area contributed by atoms with Gasteiger partial charge in [-0.25, -0.2) is 13.9 Å². The quantitative estimate of drug-likeness (QED) is 0.623. The van der Waals surface area contributed by atoms with Crippen LogP contribution in [0.5, 0.6) is 5.75 Å². The van der Waals surface area contributed by atoms with Gasteiger partial charge in [0.15, 0.2) is 5.65 Å². The van der Waals surface area contributed by atoms with Crippen molar-refractivity contribution in [1.29, 1.82) is 0 Å². The fraction of sp³-hybridized carbons (Fsp3) is 0.333. The third-order valence-electron chi connectivity index (χ3n) is 5.22. The van der Waals surface area contributed by atoms with Crippen molar-refractivity contribution in [1.82, 2.24) is 19.5 Å². The average Bonchev–Trinajstić information content (AvgIpc) is 3.28. The fourth-order valence-electron chi connectivity index (χ4n) is 3.41. The highest BCUT2D eigenvalue weighted by molar-refractivity contribution is 6.09. The van der Waals surface area contributed by atoms with Crippen LogP contribution in [0.1, 0.15) is 40.1 Å². The van der Waals surface area contributed by atoms with E-state index in [1.807, 2.05) is 0 Å². The third-order valence-corrected chi connectivity index (χ3v) is 5.22. The summed E-state index contributed by atoms with van der Waals surface area (Å²) in [5, 5.41) is 16.7. The summed E-state index contributed by atoms with van der Waals surface area (Å²) in [6.07, 6.45) is 3.06. The molecule has 2 aromatic heterocycles. The van der Waals surface area contributed by atoms with Crippen molar-refractivity contribution in [2.75, 3.05) is 19.0 Å². The highest BCUT2D eigenvalue weighted by atomic mass is 19.1. The Morgan fingerprint density at radius 3 is 2.90 bits per heavy atom. The Bertz CT molecular complexity index is 1170. The maximum atomic E-state index is 14.3. The van der Waals surface area contributed by atoms with Gasteiger partial charge in [-0.2, -0.15) is 5.10 Å². The number of fused-ring (bicyclic) bond motifs is 2. The van der Waals surface area contributed by atoms with Gasteiger partial charge < -0.3 is 20.1 Å². The van der Waals surface area contributed by atoms with E-state index >= 15 is 0 Å². The van der Waals surface area contributed by atoms with Crippen LogP contribution in [-0.2, 0) is 6.54 Å². The number of aromatic nitrogens is 3. The van der Waals surface area contributed by atoms with Gasteiger partial charge in [0.1, 0.15) is 17.5 Å². The van der Waals surface area contributed by atoms with E-state index in [4.69, 9.17) is 4.74 Å². The van der Waals surface area contributed by atoms with Crippen molar-refractivity contribution >= 4 is 23.1 Å². The van der Waals surface area contributed by atoms with Crippen LogP contribution in [0, 0.1) is 0 Å². The number of amides is 2. The van der Waals surface area contributed by atoms with Crippen molar-refractivity contribution in [3.63, 3.8) is 0 Å². The molecule has 0 saturated heterocycles. The number of carbonyl (C=O) groups excluding carboxylic acids is 2. The van der Waals surface area contributed by atoms with Gasteiger partial charge in [-0.05, 0) is 37.6 Å². The summed E-state index contributed by atoms with van der Waals surface area (Å²) in [5.41, 5.74) is 0.496. The van der Waals surface area contributed by atoms with Crippen molar-refractivity contribution in [3.05, 3.63) is 53.5 Å². The summed E-state index contributed by atoms with van der Waals surface area (Å²) in [5.74, 6) is -0.491. The summed E-state index contributed by atoms with van der Waals surface area (Å²) < 4.78 is 21.1. The molecule has 2 amide bonds. The summed E-state index contributed by atoms with van der Waals surface area (Å²) in [6.45, 7) is 2.64. The number of anilines is 1. The lowest BCUT2D eigenvalue weighted by molar-refractivity contribution is -0.0159. The van der Waals surface area contributed by atoms with Crippen LogP contribution >= 0.6 is 0 Å². The number of hydrogen-bond donors (Lipinski definition) is 2. The van der Waals surface area contributed by atoms with Crippen LogP contribution in [0.3, 0.4) is 0 Å². The molecule has 162 valence electrons. The highest BCUT2D eigenvalue weighted by Crippen LogP contribution is 2.34. The number of hydrogen-bond acceptors (Lipinski definition) is 6. The first-order chi connectivity index (χ1) is 14.7. The van der Waals surface area contributed by atoms with Crippen LogP contribution < -0.4 is 10.1 Å². The van der Waals surface area contributed by atoms with E-state index in [9.17, 15) is 19.1 Å². The second-order valence-electron chi connectivity index (χ2n) is 7.92. The first-order valence-corrected chi connectivity index (χ1v) is 9.65. The SMILES string of the molecule is COc1cc2c(cc1NC(=O)c1cnn3cccnc13)CN(C[C@@H](F)C(C)(C)O)C2=O. The zero-order chi connectivity index (χ0) is 22.3. The van der Waals surface area contributed by atoms with E-state index in [1.165, 1.54) is 42.6 Å². The number of nitrogens with one attached hydrogen (secondary N) is 1. The Balaban J connectivity index is 1.59. The number of alkyl halides is 1. The number of methoxy groups -OCH3 is 1. The molecule has 1 aromatic carbocycles. The zero-order valence-corrected chi connectivity index (χ0v) is 17.3. The third kappa shape index (κ3) is 3.81. The smallest absolute Gasteiger partial charge is 0.261 e. The standard InChI is InChI=1S/C21H22FN5O4/c1-21(2,30)17(22)11-26-10-12-7-15(16(31-3)8-13(12)20(26)29)25-19(28)14-9-24-27-6-4-5-23-18(14)27/h4-9,17,30H,10-11H2,1-3H3,(H,25,28)/t17-/m1/s1. The first-order valence-electron chi connectivity index (χ1n) is 9.65. The van der Waals surface area contributed by atoms with Gasteiger partial charge in [0.25, 0.3) is 11.8 Å². The molecule has 0 aliphatic carbocycles. The Labute approximate surface area is 177 Å². The fourth-order valence-corrected chi connectivity index (χ4v) is 3.41. The minimum atomic E-state index is -1.60. The summed E-state index contributed by atoms with van der Waals surface area (Å²) in [7, 11) is 1.43. The lowest BCUT2D eigenvalue weighted by atomic mass is 10.0. The summed E-state index contributed by atoms with van der Waals surface area (Å²) in [6, 6.07) is 4.87. The van der Waals surface area contributed by atoms with Gasteiger partial charge in [-0.3, -0.25) is 9.59 Å². The van der Waals surface area contributed by atoms with E-state index in [0.717, 1.165) is 0 Å². The van der Waals surface area contributed by atoms with Gasteiger partial charge in [0.2, 0.25) is 0 Å². The molecule has 31 heavy (non-hydrogen) atoms. The molecule has 9 nitrogen and oxygen atoms in total. The second kappa shape index (κ2) is 7.62. The molecule has 1 atom stereocenters. The average molecular weight is 427 g/mol. The monoisotopic (exact) mass is 427 g/mol. The number of aliphatic hydroxyl groups is 1. The molecule has 0 unspecified atom stereocenters. The number of rotatable bonds is 6. The zero-order valence-electron chi connectivity index (χ0n) is 17.3. The van der Waals surface area contributed by atoms with Crippen molar-refractivity contribution in [2.24, 2.45) is 0 Å². The highest BCUT2D eigenvalue weighted by Gasteiger charge is 2.35. The van der Waals surface area contributed by atoms with E-state index in [1.54, 1.807) is 24.5 Å². The van der Waals surface area contributed by atoms with Crippen LogP contribution in [0.2, 0.25) is 0 Å². The Morgan fingerprint density at radius 1 is 1.42 bits per heavy atom. The van der Waals surface area contributed by atoms with E-state index < -0.39 is 17.7 Å². The molecular formula is C21H22FN5O4. The predicted octanol–water partition coefficient (Wildman–Crippen LogP) is 2.06. The Kier molecular flexibility index (Phi) is 5.10. The van der Waals surface area contributed by atoms with Crippen LogP contribution in [0.25, 0.3) is 5.65 Å². The number of carbonyl (C=O) groups is 2. The number of ether oxygens (including phenoxy) is 1. The van der Waals surface area contributed by atoms with Crippen molar-refractivity contribution in [2.45, 2.75) is 32.2 Å². The number of nitrogens with zero attached hydrogens (tertiary/aromatic N) is 4. The van der Waals surface area contributed by atoms with Crippen LogP contribution in [-0.4, -0.2) is 61.8 Å². The minimum absolute atomic E-state index is 0.163. The van der Waals surface area contributed by atoms with Crippen molar-refractivity contribution in [3.8, 4) is 5.75 Å².